The summed E-state index contributed by atoms with van der Waals surface area (Å²) < 4.78 is 2.04. The van der Waals surface area contributed by atoms with E-state index in [0.29, 0.717) is 6.67 Å². The second-order valence-corrected chi connectivity index (χ2v) is 3.55. The van der Waals surface area contributed by atoms with Gasteiger partial charge in [-0.05, 0) is 24.6 Å². The van der Waals surface area contributed by atoms with Gasteiger partial charge in [-0.25, -0.2) is 0 Å². The van der Waals surface area contributed by atoms with Crippen LogP contribution in [0.5, 0.6) is 0 Å². The smallest absolute Gasteiger partial charge is 0.213 e. The third-order valence-electron chi connectivity index (χ3n) is 2.56. The molecule has 2 heteroatoms. The molecule has 0 saturated heterocycles. The first-order valence-electron chi connectivity index (χ1n) is 5.07. The Balaban J connectivity index is 2.59. The summed E-state index contributed by atoms with van der Waals surface area (Å²) in [6, 6.07) is 14.5. The Hall–Kier alpha value is -1.67. The van der Waals surface area contributed by atoms with Crippen molar-refractivity contribution in [3.05, 3.63) is 54.2 Å². The molecule has 0 aliphatic carbocycles. The van der Waals surface area contributed by atoms with Crippen molar-refractivity contribution in [3.8, 4) is 11.3 Å². The maximum Gasteiger partial charge on any atom is 0.213 e. The quantitative estimate of drug-likeness (QED) is 0.735. The minimum atomic E-state index is 0.504. The van der Waals surface area contributed by atoms with E-state index in [1.165, 1.54) is 11.1 Å². The number of aryl methyl sites for hydroxylation is 1. The lowest BCUT2D eigenvalue weighted by Crippen LogP contribution is -2.40. The molecule has 1 aromatic carbocycles. The van der Waals surface area contributed by atoms with Crippen LogP contribution in [0.1, 0.15) is 5.56 Å². The molecule has 0 radical (unpaired) electrons. The Labute approximate surface area is 90.0 Å². The van der Waals surface area contributed by atoms with E-state index in [-0.39, 0.29) is 0 Å². The summed E-state index contributed by atoms with van der Waals surface area (Å²) in [5.74, 6) is 0. The van der Waals surface area contributed by atoms with Crippen molar-refractivity contribution in [1.29, 1.82) is 0 Å². The highest BCUT2D eigenvalue weighted by atomic mass is 15.0. The van der Waals surface area contributed by atoms with E-state index >= 15 is 0 Å². The van der Waals surface area contributed by atoms with Gasteiger partial charge in [-0.1, -0.05) is 18.2 Å². The van der Waals surface area contributed by atoms with Gasteiger partial charge in [0.25, 0.3) is 0 Å². The number of hydrogen-bond donors (Lipinski definition) is 1. The van der Waals surface area contributed by atoms with Gasteiger partial charge in [0, 0.05) is 17.7 Å². The molecule has 2 N–H and O–H groups in total. The van der Waals surface area contributed by atoms with Gasteiger partial charge in [0.15, 0.2) is 12.9 Å². The standard InChI is InChI=1S/C13H15N2/c1-11-6-2-3-7-12(11)13-8-4-5-9-15(13)10-14/h2-9H,10,14H2,1H3/q+1. The normalized spacial score (nSPS) is 10.3. The SMILES string of the molecule is Cc1ccccc1-c1cccc[n+]1CN. The summed E-state index contributed by atoms with van der Waals surface area (Å²) in [6.45, 7) is 2.62. The maximum absolute atomic E-state index is 5.70. The lowest BCUT2D eigenvalue weighted by Gasteiger charge is -2.04. The lowest BCUT2D eigenvalue weighted by atomic mass is 10.1. The van der Waals surface area contributed by atoms with Crippen molar-refractivity contribution >= 4 is 0 Å². The fourth-order valence-electron chi connectivity index (χ4n) is 1.74. The fourth-order valence-corrected chi connectivity index (χ4v) is 1.74. The average molecular weight is 199 g/mol. The number of hydrogen-bond acceptors (Lipinski definition) is 1. The molecule has 0 aliphatic heterocycles. The van der Waals surface area contributed by atoms with Crippen LogP contribution in [0, 0.1) is 6.92 Å². The first kappa shape index (κ1) is 9.87. The van der Waals surface area contributed by atoms with Gasteiger partial charge in [0.2, 0.25) is 5.69 Å². The first-order chi connectivity index (χ1) is 7.33. The Morgan fingerprint density at radius 2 is 1.80 bits per heavy atom. The van der Waals surface area contributed by atoms with Crippen LogP contribution in [0.4, 0.5) is 0 Å². The van der Waals surface area contributed by atoms with Gasteiger partial charge >= 0.3 is 0 Å². The predicted molar refractivity (Wildman–Crippen MR) is 61.0 cm³/mol. The lowest BCUT2D eigenvalue weighted by molar-refractivity contribution is -0.685. The molecule has 15 heavy (non-hydrogen) atoms. The zero-order chi connectivity index (χ0) is 10.7. The molecule has 0 bridgehead atoms. The fraction of sp³-hybridized carbons (Fsp3) is 0.154. The topological polar surface area (TPSA) is 29.9 Å². The molecule has 0 aliphatic rings. The molecular formula is C13H15N2+. The van der Waals surface area contributed by atoms with E-state index in [4.69, 9.17) is 5.73 Å². The largest absolute Gasteiger partial charge is 0.275 e. The number of rotatable bonds is 2. The van der Waals surface area contributed by atoms with Crippen LogP contribution in [0.25, 0.3) is 11.3 Å². The Kier molecular flexibility index (Phi) is 2.79. The van der Waals surface area contributed by atoms with Crippen LogP contribution in [0.3, 0.4) is 0 Å². The number of aromatic nitrogens is 1. The third kappa shape index (κ3) is 1.90. The first-order valence-corrected chi connectivity index (χ1v) is 5.07. The van der Waals surface area contributed by atoms with Gasteiger partial charge in [0.05, 0.1) is 0 Å². The minimum absolute atomic E-state index is 0.504. The van der Waals surface area contributed by atoms with Crippen molar-refractivity contribution in [2.75, 3.05) is 0 Å². The van der Waals surface area contributed by atoms with Crippen molar-refractivity contribution in [2.24, 2.45) is 5.73 Å². The molecule has 2 rings (SSSR count). The second-order valence-electron chi connectivity index (χ2n) is 3.55. The minimum Gasteiger partial charge on any atom is -0.275 e. The van der Waals surface area contributed by atoms with Gasteiger partial charge in [-0.15, -0.1) is 0 Å². The van der Waals surface area contributed by atoms with E-state index in [2.05, 4.69) is 37.3 Å². The van der Waals surface area contributed by atoms with E-state index in [9.17, 15) is 0 Å². The summed E-state index contributed by atoms with van der Waals surface area (Å²) in [7, 11) is 0. The summed E-state index contributed by atoms with van der Waals surface area (Å²) in [5, 5.41) is 0. The highest BCUT2D eigenvalue weighted by Gasteiger charge is 2.11. The van der Waals surface area contributed by atoms with E-state index < -0.39 is 0 Å². The molecule has 0 amide bonds. The molecule has 1 aromatic heterocycles. The second kappa shape index (κ2) is 4.24. The van der Waals surface area contributed by atoms with Crippen molar-refractivity contribution in [1.82, 2.24) is 0 Å². The van der Waals surface area contributed by atoms with Crippen LogP contribution < -0.4 is 10.3 Å². The van der Waals surface area contributed by atoms with Crippen LogP contribution in [0.15, 0.2) is 48.7 Å². The molecule has 0 spiro atoms. The van der Waals surface area contributed by atoms with Gasteiger partial charge in [0.1, 0.15) is 0 Å². The van der Waals surface area contributed by atoms with Gasteiger partial charge < -0.3 is 0 Å². The van der Waals surface area contributed by atoms with Crippen LogP contribution in [-0.4, -0.2) is 0 Å². The number of nitrogens with zero attached hydrogens (tertiary/aromatic N) is 1. The molecular weight excluding hydrogens is 184 g/mol. The predicted octanol–water partition coefficient (Wildman–Crippen LogP) is 1.87. The highest BCUT2D eigenvalue weighted by molar-refractivity contribution is 5.60. The van der Waals surface area contributed by atoms with Crippen molar-refractivity contribution in [3.63, 3.8) is 0 Å². The van der Waals surface area contributed by atoms with Crippen molar-refractivity contribution < 1.29 is 4.57 Å². The molecule has 2 nitrogen and oxygen atoms in total. The number of pyridine rings is 1. The molecule has 0 unspecified atom stereocenters. The van der Waals surface area contributed by atoms with E-state index in [0.717, 1.165) is 5.69 Å². The highest BCUT2D eigenvalue weighted by Crippen LogP contribution is 2.18. The Bertz CT molecular complexity index is 464. The molecule has 0 saturated carbocycles. The zero-order valence-electron chi connectivity index (χ0n) is 8.85. The Morgan fingerprint density at radius 1 is 1.07 bits per heavy atom. The third-order valence-corrected chi connectivity index (χ3v) is 2.56. The van der Waals surface area contributed by atoms with Crippen LogP contribution in [-0.2, 0) is 6.67 Å². The molecule has 2 aromatic rings. The summed E-state index contributed by atoms with van der Waals surface area (Å²) >= 11 is 0. The Morgan fingerprint density at radius 3 is 2.53 bits per heavy atom. The molecule has 0 fully saturated rings. The molecule has 1 heterocycles. The van der Waals surface area contributed by atoms with Crippen LogP contribution in [0.2, 0.25) is 0 Å². The van der Waals surface area contributed by atoms with E-state index in [1.54, 1.807) is 0 Å². The average Bonchev–Trinajstić information content (AvgIpc) is 2.30. The number of benzene rings is 1. The summed E-state index contributed by atoms with van der Waals surface area (Å²) in [5.41, 5.74) is 9.37. The number of nitrogens with two attached hydrogens (primary N) is 1. The zero-order valence-corrected chi connectivity index (χ0v) is 8.85. The molecule has 76 valence electrons. The van der Waals surface area contributed by atoms with Crippen molar-refractivity contribution in [2.45, 2.75) is 13.6 Å². The maximum atomic E-state index is 5.70. The van der Waals surface area contributed by atoms with Crippen LogP contribution >= 0.6 is 0 Å². The van der Waals surface area contributed by atoms with Gasteiger partial charge in [-0.2, -0.15) is 4.57 Å². The van der Waals surface area contributed by atoms with E-state index in [1.807, 2.05) is 22.9 Å². The molecule has 0 atom stereocenters. The monoisotopic (exact) mass is 199 g/mol. The summed E-state index contributed by atoms with van der Waals surface area (Å²) in [4.78, 5) is 0. The van der Waals surface area contributed by atoms with Gasteiger partial charge in [-0.3, -0.25) is 5.73 Å². The summed E-state index contributed by atoms with van der Waals surface area (Å²) in [6.07, 6.45) is 2.00.